The molecule has 0 radical (unpaired) electrons. The molecule has 0 fully saturated rings. The first kappa shape index (κ1) is 21.3. The summed E-state index contributed by atoms with van der Waals surface area (Å²) in [5, 5.41) is 6.49. The lowest BCUT2D eigenvalue weighted by Crippen LogP contribution is -2.11. The summed E-state index contributed by atoms with van der Waals surface area (Å²) >= 11 is 0. The Bertz CT molecular complexity index is 1090. The smallest absolute Gasteiger partial charge is 0.261 e. The lowest BCUT2D eigenvalue weighted by atomic mass is 9.87. The van der Waals surface area contributed by atoms with Crippen LogP contribution in [0.4, 0.5) is 5.69 Å². The van der Waals surface area contributed by atoms with Gasteiger partial charge in [-0.1, -0.05) is 69.3 Å². The van der Waals surface area contributed by atoms with E-state index in [-0.39, 0.29) is 5.41 Å². The maximum Gasteiger partial charge on any atom is 0.261 e. The normalized spacial score (nSPS) is 13.1. The molecule has 0 amide bonds. The Labute approximate surface area is 173 Å². The van der Waals surface area contributed by atoms with Gasteiger partial charge in [0.25, 0.3) is 10.1 Å². The van der Waals surface area contributed by atoms with E-state index in [2.05, 4.69) is 80.7 Å². The van der Waals surface area contributed by atoms with Crippen LogP contribution in [0, 0.1) is 0 Å². The van der Waals surface area contributed by atoms with Crippen molar-refractivity contribution in [1.82, 2.24) is 0 Å². The van der Waals surface area contributed by atoms with Crippen molar-refractivity contribution < 1.29 is 13.0 Å². The Morgan fingerprint density at radius 2 is 1.52 bits per heavy atom. The Morgan fingerprint density at radius 1 is 0.931 bits per heavy atom. The topological polar surface area (TPSA) is 66.4 Å². The number of anilines is 1. The molecule has 3 aromatic rings. The van der Waals surface area contributed by atoms with Gasteiger partial charge in [-0.3, -0.25) is 4.55 Å². The zero-order chi connectivity index (χ0) is 21.2. The van der Waals surface area contributed by atoms with Gasteiger partial charge < -0.3 is 5.32 Å². The molecule has 0 saturated carbocycles. The van der Waals surface area contributed by atoms with Crippen LogP contribution in [-0.4, -0.2) is 19.2 Å². The highest BCUT2D eigenvalue weighted by molar-refractivity contribution is 7.85. The summed E-state index contributed by atoms with van der Waals surface area (Å²) in [7, 11) is -3.67. The van der Waals surface area contributed by atoms with Crippen molar-refractivity contribution in [1.29, 1.82) is 0 Å². The molecular formula is C24H29NO3S. The monoisotopic (exact) mass is 411 g/mol. The van der Waals surface area contributed by atoms with Crippen molar-refractivity contribution in [3.63, 3.8) is 0 Å². The summed E-state index contributed by atoms with van der Waals surface area (Å²) in [5.41, 5.74) is 7.17. The van der Waals surface area contributed by atoms with Gasteiger partial charge in [0.1, 0.15) is 0 Å². The molecule has 0 bridgehead atoms. The zero-order valence-corrected chi connectivity index (χ0v) is 18.3. The predicted molar refractivity (Wildman–Crippen MR) is 121 cm³/mol. The third kappa shape index (κ3) is 5.58. The molecule has 0 spiro atoms. The molecule has 1 aliphatic carbocycles. The van der Waals surface area contributed by atoms with Gasteiger partial charge >= 0.3 is 0 Å². The minimum absolute atomic E-state index is 0.212. The number of hydrogen-bond acceptors (Lipinski definition) is 3. The molecule has 0 aromatic heterocycles. The van der Waals surface area contributed by atoms with E-state index in [0.717, 1.165) is 6.54 Å². The van der Waals surface area contributed by atoms with Crippen molar-refractivity contribution in [2.45, 2.75) is 45.6 Å². The third-order valence-corrected chi connectivity index (χ3v) is 5.18. The largest absolute Gasteiger partial charge is 0.380 e. The lowest BCUT2D eigenvalue weighted by Gasteiger charge is -2.19. The Balaban J connectivity index is 0.000000431. The number of benzene rings is 3. The molecule has 4 rings (SSSR count). The van der Waals surface area contributed by atoms with Crippen molar-refractivity contribution in [3.05, 3.63) is 76.9 Å². The van der Waals surface area contributed by atoms with Crippen molar-refractivity contribution in [2.75, 3.05) is 11.6 Å². The van der Waals surface area contributed by atoms with Gasteiger partial charge in [0.15, 0.2) is 0 Å². The van der Waals surface area contributed by atoms with Crippen molar-refractivity contribution in [2.24, 2.45) is 0 Å². The minimum Gasteiger partial charge on any atom is -0.380 e. The van der Waals surface area contributed by atoms with E-state index in [1.54, 1.807) is 0 Å². The average Bonchev–Trinajstić information content (AvgIpc) is 3.04. The minimum atomic E-state index is -3.67. The van der Waals surface area contributed by atoms with E-state index >= 15 is 0 Å². The quantitative estimate of drug-likeness (QED) is 0.570. The highest BCUT2D eigenvalue weighted by Gasteiger charge is 2.16. The molecule has 3 aromatic carbocycles. The van der Waals surface area contributed by atoms with E-state index in [0.29, 0.717) is 6.26 Å². The van der Waals surface area contributed by atoms with Crippen LogP contribution in [0.2, 0.25) is 0 Å². The van der Waals surface area contributed by atoms with Crippen LogP contribution >= 0.6 is 0 Å². The standard InChI is InChI=1S/C23H25N.CH4O3S/c1-23(2,3)19-12-7-16(8-13-19)15-24-21-14-11-18-10-9-17-5-4-6-20(21)22(17)18;1-5(2,3)4/h4-8,11-14,24H,9-10,15H2,1-3H3;1H3,(H,2,3,4). The molecule has 0 saturated heterocycles. The van der Waals surface area contributed by atoms with E-state index in [1.807, 2.05) is 0 Å². The maximum atomic E-state index is 9.19. The Morgan fingerprint density at radius 3 is 2.10 bits per heavy atom. The average molecular weight is 412 g/mol. The summed E-state index contributed by atoms with van der Waals surface area (Å²) in [6, 6.07) is 20.2. The predicted octanol–water partition coefficient (Wildman–Crippen LogP) is 5.35. The lowest BCUT2D eigenvalue weighted by molar-refractivity contribution is 0.490. The highest BCUT2D eigenvalue weighted by atomic mass is 32.2. The van der Waals surface area contributed by atoms with Crippen LogP contribution in [0.25, 0.3) is 10.8 Å². The molecule has 4 nitrogen and oxygen atoms in total. The molecule has 2 N–H and O–H groups in total. The fraction of sp³-hybridized carbons (Fsp3) is 0.333. The first-order valence-electron chi connectivity index (χ1n) is 9.81. The van der Waals surface area contributed by atoms with Crippen LogP contribution in [0.3, 0.4) is 0 Å². The zero-order valence-electron chi connectivity index (χ0n) is 17.5. The van der Waals surface area contributed by atoms with Crippen LogP contribution in [0.1, 0.15) is 43.0 Å². The van der Waals surface area contributed by atoms with Gasteiger partial charge in [0, 0.05) is 17.6 Å². The number of hydrogen-bond donors (Lipinski definition) is 2. The van der Waals surface area contributed by atoms with Gasteiger partial charge in [0.05, 0.1) is 6.26 Å². The Kier molecular flexibility index (Phi) is 6.01. The summed E-state index contributed by atoms with van der Waals surface area (Å²) in [6.07, 6.45) is 3.09. The summed E-state index contributed by atoms with van der Waals surface area (Å²) in [5.74, 6) is 0. The SMILES string of the molecule is CC(C)(C)c1ccc(CNc2ccc3c4c(cccc24)CC3)cc1.CS(=O)(=O)O. The third-order valence-electron chi connectivity index (χ3n) is 5.18. The molecule has 154 valence electrons. The second-order valence-electron chi connectivity index (χ2n) is 8.65. The number of nitrogens with one attached hydrogen (secondary N) is 1. The number of aryl methyl sites for hydroxylation is 2. The van der Waals surface area contributed by atoms with E-state index < -0.39 is 10.1 Å². The van der Waals surface area contributed by atoms with Crippen LogP contribution in [0.5, 0.6) is 0 Å². The summed E-state index contributed by atoms with van der Waals surface area (Å²) < 4.78 is 25.9. The summed E-state index contributed by atoms with van der Waals surface area (Å²) in [4.78, 5) is 0. The molecule has 0 unspecified atom stereocenters. The maximum absolute atomic E-state index is 9.19. The van der Waals surface area contributed by atoms with Gasteiger partial charge in [-0.15, -0.1) is 0 Å². The second kappa shape index (κ2) is 8.17. The molecule has 0 heterocycles. The van der Waals surface area contributed by atoms with Gasteiger partial charge in [0.2, 0.25) is 0 Å². The van der Waals surface area contributed by atoms with Gasteiger partial charge in [-0.25, -0.2) is 0 Å². The van der Waals surface area contributed by atoms with Gasteiger partial charge in [-0.05, 0) is 52.0 Å². The molecule has 5 heteroatoms. The first-order chi connectivity index (χ1) is 13.5. The summed E-state index contributed by atoms with van der Waals surface area (Å²) in [6.45, 7) is 7.63. The second-order valence-corrected chi connectivity index (χ2v) is 10.1. The van der Waals surface area contributed by atoms with Crippen LogP contribution in [-0.2, 0) is 34.9 Å². The Hall–Kier alpha value is -2.37. The van der Waals surface area contributed by atoms with E-state index in [4.69, 9.17) is 4.55 Å². The van der Waals surface area contributed by atoms with E-state index in [9.17, 15) is 8.42 Å². The molecule has 0 aliphatic heterocycles. The van der Waals surface area contributed by atoms with Gasteiger partial charge in [-0.2, -0.15) is 8.42 Å². The number of rotatable bonds is 3. The van der Waals surface area contributed by atoms with Crippen molar-refractivity contribution >= 4 is 26.6 Å². The highest BCUT2D eigenvalue weighted by Crippen LogP contribution is 2.35. The molecule has 0 atom stereocenters. The van der Waals surface area contributed by atoms with Crippen LogP contribution in [0.15, 0.2) is 54.6 Å². The molecule has 1 aliphatic rings. The molecular weight excluding hydrogens is 382 g/mol. The fourth-order valence-corrected chi connectivity index (χ4v) is 3.72. The van der Waals surface area contributed by atoms with Crippen molar-refractivity contribution in [3.8, 4) is 0 Å². The first-order valence-corrected chi connectivity index (χ1v) is 11.7. The van der Waals surface area contributed by atoms with E-state index in [1.165, 1.54) is 51.6 Å². The van der Waals surface area contributed by atoms with Crippen LogP contribution < -0.4 is 5.32 Å². The molecule has 29 heavy (non-hydrogen) atoms. The fourth-order valence-electron chi connectivity index (χ4n) is 3.72.